The van der Waals surface area contributed by atoms with Crippen LogP contribution in [0.1, 0.15) is 16.8 Å². The van der Waals surface area contributed by atoms with Crippen molar-refractivity contribution in [3.05, 3.63) is 59.1 Å². The molecule has 0 spiro atoms. The molecule has 6 heteroatoms. The molecule has 0 saturated heterocycles. The topological polar surface area (TPSA) is 58.2 Å². The number of hydrogen-bond donors (Lipinski definition) is 2. The summed E-state index contributed by atoms with van der Waals surface area (Å²) in [5, 5.41) is 6.07. The standard InChI is InChI=1S/C17H17ClN2O2S/c1-19-17(22)12-2-6-14(7-3-12)20-16(21)10-11-23-15-8-4-13(18)5-9-15/h2-9H,10-11H2,1H3,(H,19,22)(H,20,21). The third kappa shape index (κ3) is 5.62. The molecule has 0 atom stereocenters. The van der Waals surface area contributed by atoms with Crippen LogP contribution in [0.25, 0.3) is 0 Å². The van der Waals surface area contributed by atoms with Crippen LogP contribution in [0.5, 0.6) is 0 Å². The van der Waals surface area contributed by atoms with Crippen molar-refractivity contribution in [2.75, 3.05) is 18.1 Å². The lowest BCUT2D eigenvalue weighted by molar-refractivity contribution is -0.115. The summed E-state index contributed by atoms with van der Waals surface area (Å²) in [5.74, 6) is 0.477. The molecule has 4 nitrogen and oxygen atoms in total. The van der Waals surface area contributed by atoms with Gasteiger partial charge in [0.15, 0.2) is 0 Å². The number of nitrogens with one attached hydrogen (secondary N) is 2. The number of benzene rings is 2. The highest BCUT2D eigenvalue weighted by Gasteiger charge is 2.05. The third-order valence-corrected chi connectivity index (χ3v) is 4.34. The molecule has 0 aliphatic carbocycles. The Bertz CT molecular complexity index is 672. The predicted molar refractivity (Wildman–Crippen MR) is 95.3 cm³/mol. The zero-order valence-corrected chi connectivity index (χ0v) is 14.2. The van der Waals surface area contributed by atoms with Gasteiger partial charge in [-0.25, -0.2) is 0 Å². The molecule has 120 valence electrons. The van der Waals surface area contributed by atoms with Crippen LogP contribution in [-0.2, 0) is 4.79 Å². The zero-order chi connectivity index (χ0) is 16.7. The zero-order valence-electron chi connectivity index (χ0n) is 12.6. The summed E-state index contributed by atoms with van der Waals surface area (Å²) in [4.78, 5) is 24.4. The molecular formula is C17H17ClN2O2S. The second-order valence-electron chi connectivity index (χ2n) is 4.76. The number of amides is 2. The van der Waals surface area contributed by atoms with Gasteiger partial charge in [0.25, 0.3) is 5.91 Å². The van der Waals surface area contributed by atoms with Crippen LogP contribution < -0.4 is 10.6 Å². The number of carbonyl (C=O) groups is 2. The summed E-state index contributed by atoms with van der Waals surface area (Å²) in [6, 6.07) is 14.3. The van der Waals surface area contributed by atoms with Crippen molar-refractivity contribution in [2.45, 2.75) is 11.3 Å². The van der Waals surface area contributed by atoms with E-state index in [2.05, 4.69) is 10.6 Å². The Morgan fingerprint density at radius 1 is 1.04 bits per heavy atom. The first-order chi connectivity index (χ1) is 11.1. The van der Waals surface area contributed by atoms with Gasteiger partial charge in [-0.3, -0.25) is 9.59 Å². The summed E-state index contributed by atoms with van der Waals surface area (Å²) in [6.45, 7) is 0. The first kappa shape index (κ1) is 17.4. The number of halogens is 1. The molecule has 0 fully saturated rings. The smallest absolute Gasteiger partial charge is 0.251 e. The lowest BCUT2D eigenvalue weighted by atomic mass is 10.2. The monoisotopic (exact) mass is 348 g/mol. The van der Waals surface area contributed by atoms with Crippen molar-refractivity contribution in [1.82, 2.24) is 5.32 Å². The molecule has 2 aromatic rings. The van der Waals surface area contributed by atoms with E-state index < -0.39 is 0 Å². The Morgan fingerprint density at radius 2 is 1.70 bits per heavy atom. The molecule has 2 N–H and O–H groups in total. The van der Waals surface area contributed by atoms with Gasteiger partial charge in [-0.05, 0) is 48.5 Å². The van der Waals surface area contributed by atoms with E-state index in [-0.39, 0.29) is 11.8 Å². The van der Waals surface area contributed by atoms with Crippen LogP contribution >= 0.6 is 23.4 Å². The summed E-state index contributed by atoms with van der Waals surface area (Å²) < 4.78 is 0. The van der Waals surface area contributed by atoms with Gasteiger partial charge in [-0.15, -0.1) is 11.8 Å². The Hall–Kier alpha value is -1.98. The van der Waals surface area contributed by atoms with Gasteiger partial charge in [0.1, 0.15) is 0 Å². The van der Waals surface area contributed by atoms with E-state index in [1.807, 2.05) is 24.3 Å². The average molecular weight is 349 g/mol. The average Bonchev–Trinajstić information content (AvgIpc) is 2.56. The van der Waals surface area contributed by atoms with Gasteiger partial charge in [-0.2, -0.15) is 0 Å². The van der Waals surface area contributed by atoms with Gasteiger partial charge in [0, 0.05) is 40.4 Å². The molecule has 0 bridgehead atoms. The normalized spacial score (nSPS) is 10.2. The Balaban J connectivity index is 1.78. The quantitative estimate of drug-likeness (QED) is 0.780. The third-order valence-electron chi connectivity index (χ3n) is 3.07. The van der Waals surface area contributed by atoms with Gasteiger partial charge >= 0.3 is 0 Å². The molecule has 2 aromatic carbocycles. The molecule has 23 heavy (non-hydrogen) atoms. The van der Waals surface area contributed by atoms with Crippen molar-refractivity contribution in [2.24, 2.45) is 0 Å². The fourth-order valence-electron chi connectivity index (χ4n) is 1.87. The maximum atomic E-state index is 11.9. The van der Waals surface area contributed by atoms with Crippen LogP contribution in [0.4, 0.5) is 5.69 Å². The van der Waals surface area contributed by atoms with Crippen LogP contribution in [0.3, 0.4) is 0 Å². The molecule has 0 aromatic heterocycles. The lowest BCUT2D eigenvalue weighted by Gasteiger charge is -2.06. The molecule has 0 radical (unpaired) electrons. The fourth-order valence-corrected chi connectivity index (χ4v) is 2.84. The second kappa shape index (κ2) is 8.60. The highest BCUT2D eigenvalue weighted by Crippen LogP contribution is 2.21. The van der Waals surface area contributed by atoms with E-state index in [0.717, 1.165) is 4.90 Å². The van der Waals surface area contributed by atoms with Crippen molar-refractivity contribution >= 4 is 40.9 Å². The number of hydrogen-bond acceptors (Lipinski definition) is 3. The molecule has 0 unspecified atom stereocenters. The van der Waals surface area contributed by atoms with Crippen molar-refractivity contribution in [1.29, 1.82) is 0 Å². The van der Waals surface area contributed by atoms with E-state index in [4.69, 9.17) is 11.6 Å². The Kier molecular flexibility index (Phi) is 6.50. The minimum atomic E-state index is -0.151. The second-order valence-corrected chi connectivity index (χ2v) is 6.36. The fraction of sp³-hybridized carbons (Fsp3) is 0.176. The Morgan fingerprint density at radius 3 is 2.30 bits per heavy atom. The molecule has 0 heterocycles. The summed E-state index contributed by atoms with van der Waals surface area (Å²) in [5.41, 5.74) is 1.24. The van der Waals surface area contributed by atoms with Crippen LogP contribution in [0.2, 0.25) is 5.02 Å². The van der Waals surface area contributed by atoms with Gasteiger partial charge in [0.05, 0.1) is 0 Å². The van der Waals surface area contributed by atoms with E-state index in [1.54, 1.807) is 43.1 Å². The molecule has 0 aliphatic heterocycles. The molecule has 2 rings (SSSR count). The maximum Gasteiger partial charge on any atom is 0.251 e. The van der Waals surface area contributed by atoms with E-state index in [0.29, 0.717) is 28.4 Å². The molecule has 2 amide bonds. The SMILES string of the molecule is CNC(=O)c1ccc(NC(=O)CCSc2ccc(Cl)cc2)cc1. The molecule has 0 aliphatic rings. The molecular weight excluding hydrogens is 332 g/mol. The minimum Gasteiger partial charge on any atom is -0.355 e. The largest absolute Gasteiger partial charge is 0.355 e. The van der Waals surface area contributed by atoms with Crippen molar-refractivity contribution in [3.8, 4) is 0 Å². The van der Waals surface area contributed by atoms with Crippen molar-refractivity contribution in [3.63, 3.8) is 0 Å². The van der Waals surface area contributed by atoms with E-state index in [9.17, 15) is 9.59 Å². The maximum absolute atomic E-state index is 11.9. The number of rotatable bonds is 6. The molecule has 0 saturated carbocycles. The van der Waals surface area contributed by atoms with Crippen molar-refractivity contribution < 1.29 is 9.59 Å². The predicted octanol–water partition coefficient (Wildman–Crippen LogP) is 3.82. The summed E-state index contributed by atoms with van der Waals surface area (Å²) in [6.07, 6.45) is 0.407. The highest BCUT2D eigenvalue weighted by atomic mass is 35.5. The summed E-state index contributed by atoms with van der Waals surface area (Å²) in [7, 11) is 1.58. The minimum absolute atomic E-state index is 0.0563. The van der Waals surface area contributed by atoms with E-state index >= 15 is 0 Å². The number of anilines is 1. The van der Waals surface area contributed by atoms with Crippen LogP contribution in [0, 0.1) is 0 Å². The van der Waals surface area contributed by atoms with Crippen LogP contribution in [0.15, 0.2) is 53.4 Å². The van der Waals surface area contributed by atoms with Crippen LogP contribution in [-0.4, -0.2) is 24.6 Å². The van der Waals surface area contributed by atoms with E-state index in [1.165, 1.54) is 0 Å². The first-order valence-corrected chi connectivity index (χ1v) is 8.45. The first-order valence-electron chi connectivity index (χ1n) is 7.09. The number of thioether (sulfide) groups is 1. The Labute approximate surface area is 144 Å². The van der Waals surface area contributed by atoms with Gasteiger partial charge in [0.2, 0.25) is 5.91 Å². The van der Waals surface area contributed by atoms with Gasteiger partial charge < -0.3 is 10.6 Å². The highest BCUT2D eigenvalue weighted by molar-refractivity contribution is 7.99. The summed E-state index contributed by atoms with van der Waals surface area (Å²) >= 11 is 7.43. The van der Waals surface area contributed by atoms with Gasteiger partial charge in [-0.1, -0.05) is 11.6 Å². The number of carbonyl (C=O) groups excluding carboxylic acids is 2. The lowest BCUT2D eigenvalue weighted by Crippen LogP contribution is -2.18.